The number of carbonyl (C=O) groups is 1. The van der Waals surface area contributed by atoms with Crippen molar-refractivity contribution in [2.75, 3.05) is 11.9 Å². The molecule has 1 heterocycles. The number of aryl methyl sites for hydroxylation is 1. The van der Waals surface area contributed by atoms with E-state index in [9.17, 15) is 4.79 Å². The van der Waals surface area contributed by atoms with Crippen molar-refractivity contribution < 1.29 is 14.6 Å². The minimum Gasteiger partial charge on any atom is -0.484 e. The summed E-state index contributed by atoms with van der Waals surface area (Å²) in [4.78, 5) is 13.1. The smallest absolute Gasteiger partial charge is 0.262 e. The average Bonchev–Trinajstić information content (AvgIpc) is 2.72. The van der Waals surface area contributed by atoms with Gasteiger partial charge >= 0.3 is 0 Å². The first-order valence-electron chi connectivity index (χ1n) is 6.70. The third-order valence-corrected chi connectivity index (χ3v) is 4.61. The number of benzene rings is 1. The fraction of sp³-hybridized carbons (Fsp3) is 0.312. The molecule has 0 unspecified atom stereocenters. The van der Waals surface area contributed by atoms with E-state index in [1.54, 1.807) is 35.6 Å². The number of amides is 1. The molecule has 2 rings (SSSR count). The molecule has 1 amide bonds. The minimum absolute atomic E-state index is 0.0453. The highest BCUT2D eigenvalue weighted by Crippen LogP contribution is 2.31. The van der Waals surface area contributed by atoms with Crippen LogP contribution in [0.3, 0.4) is 0 Å². The summed E-state index contributed by atoms with van der Waals surface area (Å²) in [5.74, 6) is 0.390. The van der Waals surface area contributed by atoms with Gasteiger partial charge in [0, 0.05) is 4.88 Å². The Morgan fingerprint density at radius 3 is 2.67 bits per heavy atom. The lowest BCUT2D eigenvalue weighted by Gasteiger charge is -2.08. The van der Waals surface area contributed by atoms with Crippen LogP contribution in [-0.4, -0.2) is 17.6 Å². The number of ether oxygens (including phenoxy) is 1. The van der Waals surface area contributed by atoms with Crippen LogP contribution in [0.2, 0.25) is 0 Å². The Labute approximate surface area is 128 Å². The first-order chi connectivity index (χ1) is 10.0. The van der Waals surface area contributed by atoms with Crippen molar-refractivity contribution in [3.63, 3.8) is 0 Å². The van der Waals surface area contributed by atoms with Crippen molar-refractivity contribution in [2.24, 2.45) is 0 Å². The molecule has 0 aliphatic heterocycles. The monoisotopic (exact) mass is 305 g/mol. The predicted octanol–water partition coefficient (Wildman–Crippen LogP) is 3.18. The quantitative estimate of drug-likeness (QED) is 0.892. The molecule has 0 aliphatic rings. The standard InChI is InChI=1S/C16H19NO3S/c1-10-11(2)16(21-12(10)3)17-15(19)9-20-14-6-4-5-13(7-14)8-18/h4-7,18H,8-9H2,1-3H3,(H,17,19). The lowest BCUT2D eigenvalue weighted by molar-refractivity contribution is -0.118. The maximum absolute atomic E-state index is 11.9. The Morgan fingerprint density at radius 2 is 2.05 bits per heavy atom. The highest BCUT2D eigenvalue weighted by molar-refractivity contribution is 7.16. The van der Waals surface area contributed by atoms with E-state index >= 15 is 0 Å². The molecule has 0 saturated carbocycles. The largest absolute Gasteiger partial charge is 0.484 e. The molecule has 2 N–H and O–H groups in total. The molecule has 5 heteroatoms. The fourth-order valence-electron chi connectivity index (χ4n) is 1.91. The van der Waals surface area contributed by atoms with Crippen molar-refractivity contribution in [2.45, 2.75) is 27.4 Å². The Balaban J connectivity index is 1.94. The van der Waals surface area contributed by atoms with E-state index in [-0.39, 0.29) is 19.1 Å². The van der Waals surface area contributed by atoms with Crippen LogP contribution in [0.25, 0.3) is 0 Å². The number of hydrogen-bond donors (Lipinski definition) is 2. The molecular formula is C16H19NO3S. The molecule has 4 nitrogen and oxygen atoms in total. The molecule has 0 spiro atoms. The number of hydrogen-bond acceptors (Lipinski definition) is 4. The van der Waals surface area contributed by atoms with Crippen LogP contribution in [0.5, 0.6) is 5.75 Å². The van der Waals surface area contributed by atoms with Gasteiger partial charge in [-0.2, -0.15) is 0 Å². The highest BCUT2D eigenvalue weighted by Gasteiger charge is 2.11. The summed E-state index contributed by atoms with van der Waals surface area (Å²) in [6.45, 7) is 5.99. The Bertz CT molecular complexity index is 649. The number of nitrogens with one attached hydrogen (secondary N) is 1. The maximum Gasteiger partial charge on any atom is 0.262 e. The zero-order valence-corrected chi connectivity index (χ0v) is 13.2. The molecule has 0 radical (unpaired) electrons. The number of anilines is 1. The molecule has 2 aromatic rings. The van der Waals surface area contributed by atoms with E-state index in [1.807, 2.05) is 20.8 Å². The Hall–Kier alpha value is -1.85. The van der Waals surface area contributed by atoms with Crippen LogP contribution in [0, 0.1) is 20.8 Å². The van der Waals surface area contributed by atoms with Crippen molar-refractivity contribution >= 4 is 22.2 Å². The van der Waals surface area contributed by atoms with E-state index in [4.69, 9.17) is 9.84 Å². The summed E-state index contributed by atoms with van der Waals surface area (Å²) < 4.78 is 5.44. The second-order valence-corrected chi connectivity index (χ2v) is 6.10. The summed E-state index contributed by atoms with van der Waals surface area (Å²) in [6.07, 6.45) is 0. The molecule has 0 atom stereocenters. The summed E-state index contributed by atoms with van der Waals surface area (Å²) in [5, 5.41) is 12.8. The lowest BCUT2D eigenvalue weighted by Crippen LogP contribution is -2.20. The van der Waals surface area contributed by atoms with E-state index in [0.29, 0.717) is 5.75 Å². The molecule has 1 aromatic carbocycles. The minimum atomic E-state index is -0.186. The molecule has 0 aliphatic carbocycles. The zero-order valence-electron chi connectivity index (χ0n) is 12.4. The van der Waals surface area contributed by atoms with Crippen LogP contribution < -0.4 is 10.1 Å². The van der Waals surface area contributed by atoms with Gasteiger partial charge in [0.15, 0.2) is 6.61 Å². The summed E-state index contributed by atoms with van der Waals surface area (Å²) in [7, 11) is 0. The Kier molecular flexibility index (Phi) is 4.98. The van der Waals surface area contributed by atoms with Crippen LogP contribution in [0.4, 0.5) is 5.00 Å². The SMILES string of the molecule is Cc1sc(NC(=O)COc2cccc(CO)c2)c(C)c1C. The number of aliphatic hydroxyl groups is 1. The van der Waals surface area contributed by atoms with Gasteiger partial charge in [0.05, 0.1) is 11.6 Å². The average molecular weight is 305 g/mol. The summed E-state index contributed by atoms with van der Waals surface area (Å²) in [6, 6.07) is 7.07. The van der Waals surface area contributed by atoms with Gasteiger partial charge in [-0.15, -0.1) is 11.3 Å². The van der Waals surface area contributed by atoms with E-state index < -0.39 is 0 Å². The van der Waals surface area contributed by atoms with Gasteiger partial charge in [0.1, 0.15) is 5.75 Å². The van der Waals surface area contributed by atoms with Crippen molar-refractivity contribution in [3.05, 3.63) is 45.8 Å². The fourth-order valence-corrected chi connectivity index (χ4v) is 2.99. The van der Waals surface area contributed by atoms with Crippen LogP contribution >= 0.6 is 11.3 Å². The van der Waals surface area contributed by atoms with Crippen LogP contribution in [0.1, 0.15) is 21.6 Å². The van der Waals surface area contributed by atoms with E-state index in [0.717, 1.165) is 16.1 Å². The van der Waals surface area contributed by atoms with E-state index in [2.05, 4.69) is 5.32 Å². The number of thiophene rings is 1. The summed E-state index contributed by atoms with van der Waals surface area (Å²) in [5.41, 5.74) is 3.08. The first kappa shape index (κ1) is 15.5. The lowest BCUT2D eigenvalue weighted by atomic mass is 10.2. The highest BCUT2D eigenvalue weighted by atomic mass is 32.1. The maximum atomic E-state index is 11.9. The number of carbonyl (C=O) groups excluding carboxylic acids is 1. The number of rotatable bonds is 5. The van der Waals surface area contributed by atoms with Crippen molar-refractivity contribution in [3.8, 4) is 5.75 Å². The van der Waals surface area contributed by atoms with Crippen LogP contribution in [0.15, 0.2) is 24.3 Å². The zero-order chi connectivity index (χ0) is 15.4. The van der Waals surface area contributed by atoms with Gasteiger partial charge in [-0.3, -0.25) is 4.79 Å². The Morgan fingerprint density at radius 1 is 1.29 bits per heavy atom. The van der Waals surface area contributed by atoms with Crippen LogP contribution in [-0.2, 0) is 11.4 Å². The second-order valence-electron chi connectivity index (χ2n) is 4.88. The second kappa shape index (κ2) is 6.74. The van der Waals surface area contributed by atoms with Gasteiger partial charge in [-0.05, 0) is 49.6 Å². The van der Waals surface area contributed by atoms with Crippen molar-refractivity contribution in [1.29, 1.82) is 0 Å². The normalized spacial score (nSPS) is 10.5. The molecule has 0 fully saturated rings. The molecule has 0 bridgehead atoms. The van der Waals surface area contributed by atoms with E-state index in [1.165, 1.54) is 10.4 Å². The third kappa shape index (κ3) is 3.83. The van der Waals surface area contributed by atoms with Gasteiger partial charge in [0.2, 0.25) is 0 Å². The molecule has 1 aromatic heterocycles. The first-order valence-corrected chi connectivity index (χ1v) is 7.52. The van der Waals surface area contributed by atoms with Gasteiger partial charge in [-0.1, -0.05) is 12.1 Å². The third-order valence-electron chi connectivity index (χ3n) is 3.39. The molecule has 112 valence electrons. The van der Waals surface area contributed by atoms with Gasteiger partial charge in [-0.25, -0.2) is 0 Å². The molecular weight excluding hydrogens is 286 g/mol. The van der Waals surface area contributed by atoms with Gasteiger partial charge in [0.25, 0.3) is 5.91 Å². The van der Waals surface area contributed by atoms with Gasteiger partial charge < -0.3 is 15.2 Å². The van der Waals surface area contributed by atoms with Crippen molar-refractivity contribution in [1.82, 2.24) is 0 Å². The number of aliphatic hydroxyl groups excluding tert-OH is 1. The topological polar surface area (TPSA) is 58.6 Å². The summed E-state index contributed by atoms with van der Waals surface area (Å²) >= 11 is 1.58. The predicted molar refractivity (Wildman–Crippen MR) is 85.0 cm³/mol. The molecule has 21 heavy (non-hydrogen) atoms. The molecule has 0 saturated heterocycles.